The predicted octanol–water partition coefficient (Wildman–Crippen LogP) is 1.06. The third kappa shape index (κ3) is 6.40. The topological polar surface area (TPSA) is 100 Å². The zero-order valence-corrected chi connectivity index (χ0v) is 16.0. The van der Waals surface area contributed by atoms with Crippen molar-refractivity contribution in [3.8, 4) is 0 Å². The van der Waals surface area contributed by atoms with Crippen molar-refractivity contribution >= 4 is 27.5 Å². The Bertz CT molecular complexity index is 732. The molecule has 1 aromatic carbocycles. The van der Waals surface area contributed by atoms with Crippen molar-refractivity contribution in [2.45, 2.75) is 24.2 Å². The van der Waals surface area contributed by atoms with Crippen LogP contribution in [0.1, 0.15) is 19.3 Å². The van der Waals surface area contributed by atoms with Crippen LogP contribution < -0.4 is 10.0 Å². The second-order valence-corrected chi connectivity index (χ2v) is 7.88. The van der Waals surface area contributed by atoms with Crippen molar-refractivity contribution in [3.05, 3.63) is 24.3 Å². The van der Waals surface area contributed by atoms with E-state index in [1.54, 1.807) is 19.2 Å². The molecule has 0 aliphatic carbocycles. The van der Waals surface area contributed by atoms with E-state index >= 15 is 0 Å². The molecule has 144 valence electrons. The lowest BCUT2D eigenvalue weighted by Gasteiger charge is -2.16. The van der Waals surface area contributed by atoms with Crippen LogP contribution in [0.2, 0.25) is 0 Å². The summed E-state index contributed by atoms with van der Waals surface area (Å²) in [6.45, 7) is 2.32. The number of benzene rings is 1. The van der Waals surface area contributed by atoms with E-state index in [0.717, 1.165) is 19.4 Å². The number of amides is 1. The molecule has 0 atom stereocenters. The zero-order valence-electron chi connectivity index (χ0n) is 15.2. The molecule has 0 aromatic heterocycles. The number of nitrogens with zero attached hydrogens (tertiary/aromatic N) is 2. The second kappa shape index (κ2) is 9.65. The van der Waals surface area contributed by atoms with Crippen LogP contribution >= 0.6 is 0 Å². The van der Waals surface area contributed by atoms with Crippen LogP contribution in [0.3, 0.4) is 0 Å². The largest absolute Gasteiger partial charge is 0.385 e. The molecule has 9 heteroatoms. The van der Waals surface area contributed by atoms with Crippen LogP contribution in [0.5, 0.6) is 0 Å². The highest BCUT2D eigenvalue weighted by atomic mass is 32.2. The summed E-state index contributed by atoms with van der Waals surface area (Å²) in [4.78, 5) is 18.2. The van der Waals surface area contributed by atoms with Crippen molar-refractivity contribution in [1.82, 2.24) is 9.62 Å². The first-order valence-corrected chi connectivity index (χ1v) is 10.0. The molecular weight excluding hydrogens is 356 g/mol. The standard InChI is InChI=1S/C17H26N4O4S/c1-21(11-4-12-25-2)13-17(22)19-14-6-8-15(9-7-14)26(23,24)20-16-5-3-10-18-16/h6-9H,3-5,10-13H2,1-2H3,(H,18,20)(H,19,22). The molecule has 0 radical (unpaired) electrons. The fraction of sp³-hybridized carbons (Fsp3) is 0.529. The maximum absolute atomic E-state index is 12.3. The Hall–Kier alpha value is -1.97. The number of methoxy groups -OCH3 is 1. The zero-order chi connectivity index (χ0) is 19.0. The predicted molar refractivity (Wildman–Crippen MR) is 101 cm³/mol. The molecule has 26 heavy (non-hydrogen) atoms. The van der Waals surface area contributed by atoms with E-state index in [-0.39, 0.29) is 17.3 Å². The highest BCUT2D eigenvalue weighted by Gasteiger charge is 2.18. The van der Waals surface area contributed by atoms with Gasteiger partial charge in [0, 0.05) is 38.9 Å². The molecule has 1 aliphatic rings. The number of carbonyl (C=O) groups excluding carboxylic acids is 1. The minimum atomic E-state index is -3.63. The number of rotatable bonds is 9. The van der Waals surface area contributed by atoms with Gasteiger partial charge in [-0.3, -0.25) is 19.4 Å². The Labute approximate surface area is 154 Å². The lowest BCUT2D eigenvalue weighted by atomic mass is 10.3. The molecule has 1 amide bonds. The van der Waals surface area contributed by atoms with Crippen LogP contribution in [0, 0.1) is 0 Å². The van der Waals surface area contributed by atoms with E-state index in [2.05, 4.69) is 15.0 Å². The van der Waals surface area contributed by atoms with E-state index in [1.807, 2.05) is 11.9 Å². The number of ether oxygens (including phenoxy) is 1. The van der Waals surface area contributed by atoms with Crippen LogP contribution in [0.4, 0.5) is 5.69 Å². The lowest BCUT2D eigenvalue weighted by Crippen LogP contribution is -2.31. The van der Waals surface area contributed by atoms with Gasteiger partial charge in [-0.1, -0.05) is 0 Å². The number of carbonyl (C=O) groups is 1. The molecule has 0 spiro atoms. The Morgan fingerprint density at radius 2 is 2.04 bits per heavy atom. The van der Waals surface area contributed by atoms with E-state index < -0.39 is 10.0 Å². The minimum absolute atomic E-state index is 0.141. The molecule has 1 aliphatic heterocycles. The molecule has 0 fully saturated rings. The minimum Gasteiger partial charge on any atom is -0.385 e. The highest BCUT2D eigenvalue weighted by molar-refractivity contribution is 7.90. The maximum Gasteiger partial charge on any atom is 0.262 e. The molecule has 1 heterocycles. The summed E-state index contributed by atoms with van der Waals surface area (Å²) in [6.07, 6.45) is 2.36. The monoisotopic (exact) mass is 382 g/mol. The number of aliphatic imine (C=N–C) groups is 1. The molecule has 0 bridgehead atoms. The Kier molecular flexibility index (Phi) is 7.55. The summed E-state index contributed by atoms with van der Waals surface area (Å²) >= 11 is 0. The van der Waals surface area contributed by atoms with Crippen molar-refractivity contribution in [2.24, 2.45) is 4.99 Å². The summed E-state index contributed by atoms with van der Waals surface area (Å²) in [6, 6.07) is 6.09. The molecule has 0 saturated heterocycles. The Morgan fingerprint density at radius 1 is 1.31 bits per heavy atom. The first-order chi connectivity index (χ1) is 12.4. The van der Waals surface area contributed by atoms with Gasteiger partial charge < -0.3 is 10.1 Å². The first kappa shape index (κ1) is 20.3. The second-order valence-electron chi connectivity index (χ2n) is 6.19. The average molecular weight is 382 g/mol. The molecular formula is C17H26N4O4S. The van der Waals surface area contributed by atoms with Crippen LogP contribution in [-0.4, -0.2) is 65.5 Å². The molecule has 0 unspecified atom stereocenters. The number of anilines is 1. The van der Waals surface area contributed by atoms with Gasteiger partial charge in [-0.2, -0.15) is 0 Å². The van der Waals surface area contributed by atoms with E-state index in [0.29, 0.717) is 31.1 Å². The van der Waals surface area contributed by atoms with Gasteiger partial charge in [0.05, 0.1) is 11.4 Å². The number of likely N-dealkylation sites (N-methyl/N-ethyl adjacent to an activating group) is 1. The molecule has 0 saturated carbocycles. The van der Waals surface area contributed by atoms with Gasteiger partial charge in [0.1, 0.15) is 5.84 Å². The van der Waals surface area contributed by atoms with Crippen molar-refractivity contribution < 1.29 is 17.9 Å². The fourth-order valence-corrected chi connectivity index (χ4v) is 3.65. The van der Waals surface area contributed by atoms with Gasteiger partial charge in [-0.25, -0.2) is 8.42 Å². The van der Waals surface area contributed by atoms with Gasteiger partial charge in [0.25, 0.3) is 10.0 Å². The lowest BCUT2D eigenvalue weighted by molar-refractivity contribution is -0.117. The average Bonchev–Trinajstić information content (AvgIpc) is 3.07. The van der Waals surface area contributed by atoms with E-state index in [4.69, 9.17) is 4.74 Å². The number of amidine groups is 1. The van der Waals surface area contributed by atoms with E-state index in [1.165, 1.54) is 12.1 Å². The maximum atomic E-state index is 12.3. The highest BCUT2D eigenvalue weighted by Crippen LogP contribution is 2.15. The summed E-state index contributed by atoms with van der Waals surface area (Å²) < 4.78 is 32.1. The quantitative estimate of drug-likeness (QED) is 0.622. The Balaban J connectivity index is 1.87. The summed E-state index contributed by atoms with van der Waals surface area (Å²) in [7, 11) is -0.125. The van der Waals surface area contributed by atoms with Gasteiger partial charge in [0.15, 0.2) is 0 Å². The molecule has 2 N–H and O–H groups in total. The van der Waals surface area contributed by atoms with Gasteiger partial charge in [-0.15, -0.1) is 0 Å². The number of hydrogen-bond donors (Lipinski definition) is 2. The molecule has 1 aromatic rings. The fourth-order valence-electron chi connectivity index (χ4n) is 2.56. The van der Waals surface area contributed by atoms with Crippen molar-refractivity contribution in [1.29, 1.82) is 0 Å². The van der Waals surface area contributed by atoms with E-state index in [9.17, 15) is 13.2 Å². The normalized spacial score (nSPS) is 14.3. The third-order valence-electron chi connectivity index (χ3n) is 3.88. The Morgan fingerprint density at radius 3 is 2.65 bits per heavy atom. The summed E-state index contributed by atoms with van der Waals surface area (Å²) in [5, 5.41) is 2.76. The number of nitrogens with one attached hydrogen (secondary N) is 2. The SMILES string of the molecule is COCCCN(C)CC(=O)Nc1ccc(S(=O)(=O)NC2=NCCC2)cc1. The van der Waals surface area contributed by atoms with Crippen molar-refractivity contribution in [2.75, 3.05) is 45.7 Å². The number of sulfonamides is 1. The van der Waals surface area contributed by atoms with Crippen LogP contribution in [0.25, 0.3) is 0 Å². The summed E-state index contributed by atoms with van der Waals surface area (Å²) in [5.74, 6) is 0.345. The summed E-state index contributed by atoms with van der Waals surface area (Å²) in [5.41, 5.74) is 0.553. The number of hydrogen-bond acceptors (Lipinski definition) is 6. The smallest absolute Gasteiger partial charge is 0.262 e. The van der Waals surface area contributed by atoms with Gasteiger partial charge in [0.2, 0.25) is 5.91 Å². The molecule has 8 nitrogen and oxygen atoms in total. The molecule has 2 rings (SSSR count). The third-order valence-corrected chi connectivity index (χ3v) is 5.27. The van der Waals surface area contributed by atoms with Crippen LogP contribution in [-0.2, 0) is 19.6 Å². The van der Waals surface area contributed by atoms with Crippen molar-refractivity contribution in [3.63, 3.8) is 0 Å². The van der Waals surface area contributed by atoms with Gasteiger partial charge >= 0.3 is 0 Å². The first-order valence-electron chi connectivity index (χ1n) is 8.54. The van der Waals surface area contributed by atoms with Crippen LogP contribution in [0.15, 0.2) is 34.2 Å². The van der Waals surface area contributed by atoms with Gasteiger partial charge in [-0.05, 0) is 44.2 Å².